The van der Waals surface area contributed by atoms with Gasteiger partial charge in [-0.05, 0) is 133 Å². The Labute approximate surface area is 505 Å². The first-order valence-electron chi connectivity index (χ1n) is 25.6. The van der Waals surface area contributed by atoms with Crippen molar-refractivity contribution in [2.24, 2.45) is 0 Å². The predicted molar refractivity (Wildman–Crippen MR) is 329 cm³/mol. The van der Waals surface area contributed by atoms with Gasteiger partial charge in [0.05, 0.1) is 31.8 Å². The summed E-state index contributed by atoms with van der Waals surface area (Å²) in [6.45, 7) is 24.5. The van der Waals surface area contributed by atoms with Crippen molar-refractivity contribution in [3.05, 3.63) is 251 Å². The summed E-state index contributed by atoms with van der Waals surface area (Å²) in [5, 5.41) is 2.03. The zero-order valence-corrected chi connectivity index (χ0v) is 51.5. The van der Waals surface area contributed by atoms with Gasteiger partial charge in [-0.15, -0.1) is 29.9 Å². The maximum atomic E-state index is 14.0. The van der Waals surface area contributed by atoms with E-state index in [0.717, 1.165) is 40.3 Å². The van der Waals surface area contributed by atoms with Crippen molar-refractivity contribution in [1.82, 2.24) is 0 Å². The minimum atomic E-state index is -1.61. The molecule has 0 saturated carbocycles. The van der Waals surface area contributed by atoms with Gasteiger partial charge < -0.3 is 36.2 Å². The van der Waals surface area contributed by atoms with E-state index in [1.165, 1.54) is 50.8 Å². The van der Waals surface area contributed by atoms with Gasteiger partial charge in [0.1, 0.15) is 0 Å². The number of alkyl halides is 2. The number of nitrogens with zero attached hydrogens (tertiary/aromatic N) is 2. The Bertz CT molecular complexity index is 3550. The van der Waals surface area contributed by atoms with Crippen LogP contribution in [0.5, 0.6) is 0 Å². The van der Waals surface area contributed by atoms with Crippen molar-refractivity contribution in [2.45, 2.75) is 54.1 Å². The van der Waals surface area contributed by atoms with E-state index >= 15 is 0 Å². The Morgan fingerprint density at radius 2 is 1.01 bits per heavy atom. The zero-order chi connectivity index (χ0) is 59.4. The first-order chi connectivity index (χ1) is 39.3. The first-order valence-corrected chi connectivity index (χ1v) is 32.1. The topological polar surface area (TPSA) is 43.4 Å². The summed E-state index contributed by atoms with van der Waals surface area (Å²) in [4.78, 5) is 4.45. The van der Waals surface area contributed by atoms with Gasteiger partial charge in [-0.25, -0.2) is 26.3 Å². The van der Waals surface area contributed by atoms with Crippen molar-refractivity contribution in [3.8, 4) is 11.1 Å². The van der Waals surface area contributed by atoms with Crippen LogP contribution in [-0.2, 0) is 32.5 Å². The third kappa shape index (κ3) is 16.3. The van der Waals surface area contributed by atoms with Crippen LogP contribution in [0, 0.1) is 90.5 Å². The van der Waals surface area contributed by atoms with Crippen LogP contribution < -0.4 is 9.80 Å². The molecule has 3 heterocycles. The van der Waals surface area contributed by atoms with Crippen LogP contribution >= 0.6 is 42.6 Å². The Balaban J connectivity index is 0.000000180. The summed E-state index contributed by atoms with van der Waals surface area (Å²) < 4.78 is 106. The molecule has 440 valence electrons. The number of benzene rings is 8. The van der Waals surface area contributed by atoms with Gasteiger partial charge in [-0.1, -0.05) is 97.1 Å². The van der Waals surface area contributed by atoms with Gasteiger partial charge in [0.15, 0.2) is 47.5 Å². The van der Waals surface area contributed by atoms with E-state index in [1.807, 2.05) is 41.0 Å². The molecule has 0 atom stereocenters. The van der Waals surface area contributed by atoms with Gasteiger partial charge >= 0.3 is 73.4 Å². The molecule has 0 aromatic heterocycles. The van der Waals surface area contributed by atoms with Crippen molar-refractivity contribution in [2.75, 3.05) is 41.6 Å². The van der Waals surface area contributed by atoms with Crippen LogP contribution in [0.4, 0.5) is 37.7 Å². The van der Waals surface area contributed by atoms with Crippen LogP contribution in [0.15, 0.2) is 141 Å². The summed E-state index contributed by atoms with van der Waals surface area (Å²) >= 11 is 7.91. The van der Waals surface area contributed by atoms with Crippen LogP contribution in [0.2, 0.25) is 0 Å². The molecule has 2 saturated heterocycles. The quantitative estimate of drug-likeness (QED) is 0.0377. The molecule has 3 aliphatic heterocycles. The summed E-state index contributed by atoms with van der Waals surface area (Å²) in [7, 11) is 11.3. The number of aryl methyl sites for hydroxylation is 6. The van der Waals surface area contributed by atoms with Gasteiger partial charge in [0.2, 0.25) is 0 Å². The number of anilines is 2. The van der Waals surface area contributed by atoms with Gasteiger partial charge in [-0.3, -0.25) is 0 Å². The molecular formula is C66H62Cl4F6N2O4Ru-2. The van der Waals surface area contributed by atoms with E-state index in [2.05, 4.69) is 108 Å². The van der Waals surface area contributed by atoms with Crippen LogP contribution in [0.25, 0.3) is 44.8 Å². The van der Waals surface area contributed by atoms with Crippen molar-refractivity contribution in [1.29, 1.82) is 0 Å². The second-order valence-electron chi connectivity index (χ2n) is 19.0. The average Bonchev–Trinajstić information content (AvgIpc) is 4.10. The maximum absolute atomic E-state index is 14.0. The summed E-state index contributed by atoms with van der Waals surface area (Å²) in [6.07, 6.45) is 6.11. The average molecular weight is 1300 g/mol. The van der Waals surface area contributed by atoms with Gasteiger partial charge in [-0.2, -0.15) is 0 Å². The SMILES string of the molecule is C=Cc1cc(C2OCCO2)ccc1-c1cc(F)c(F)c(F)c1C=C.Cc1cc(C)c(N2C=CN(c3c(C)cc(C)cc3C)[CH-]2)c(C)c1.ClCCl.Fc1cc2c(ccc3cc(C4OCCO4)ccc32)c(F)c1F.[CH3-].[Cl][Ru]([Cl])=[CH]c1ccccc1. The number of hydrogen-bond acceptors (Lipinski definition) is 6. The third-order valence-electron chi connectivity index (χ3n) is 13.2. The molecule has 83 heavy (non-hydrogen) atoms. The van der Waals surface area contributed by atoms with E-state index in [9.17, 15) is 26.3 Å². The van der Waals surface area contributed by atoms with Gasteiger partial charge in [0, 0.05) is 33.5 Å². The molecule has 0 aliphatic carbocycles. The molecule has 6 nitrogen and oxygen atoms in total. The van der Waals surface area contributed by atoms with Crippen LogP contribution in [0.3, 0.4) is 0 Å². The number of rotatable bonds is 8. The van der Waals surface area contributed by atoms with E-state index in [0.29, 0.717) is 48.3 Å². The second-order valence-corrected chi connectivity index (χ2v) is 25.6. The fourth-order valence-electron chi connectivity index (χ4n) is 9.94. The molecule has 0 N–H and O–H groups in total. The fourth-order valence-corrected chi connectivity index (χ4v) is 11.8. The van der Waals surface area contributed by atoms with E-state index in [4.69, 9.17) is 61.5 Å². The molecule has 11 rings (SSSR count). The summed E-state index contributed by atoms with van der Waals surface area (Å²) in [6, 6.07) is 34.6. The van der Waals surface area contributed by atoms with Crippen molar-refractivity contribution >= 4 is 92.3 Å². The zero-order valence-electron chi connectivity index (χ0n) is 46.7. The van der Waals surface area contributed by atoms with Crippen LogP contribution in [0.1, 0.15) is 73.8 Å². The molecule has 0 unspecified atom stereocenters. The molecule has 0 radical (unpaired) electrons. The molecule has 2 fully saturated rings. The normalized spacial score (nSPS) is 13.9. The van der Waals surface area contributed by atoms with Crippen molar-refractivity contribution < 1.29 is 58.8 Å². The predicted octanol–water partition coefficient (Wildman–Crippen LogP) is 19.6. The molecule has 0 bridgehead atoms. The first kappa shape index (κ1) is 66.3. The Morgan fingerprint density at radius 1 is 0.542 bits per heavy atom. The number of fused-ring (bicyclic) bond motifs is 3. The number of hydrogen-bond donors (Lipinski definition) is 0. The molecule has 8 aromatic rings. The molecule has 17 heteroatoms. The molecular weight excluding hydrogens is 1240 g/mol. The Morgan fingerprint density at radius 3 is 1.51 bits per heavy atom. The van der Waals surface area contributed by atoms with Gasteiger partial charge in [0.25, 0.3) is 0 Å². The molecule has 0 amide bonds. The summed E-state index contributed by atoms with van der Waals surface area (Å²) in [5.41, 5.74) is 14.4. The van der Waals surface area contributed by atoms with E-state index < -0.39 is 61.0 Å². The van der Waals surface area contributed by atoms with E-state index in [1.54, 1.807) is 42.5 Å². The fraction of sp³-hybridized carbons (Fsp3) is 0.197. The standard InChI is InChI=1S/C21H25N2.C19H15F3O2.C17H11F3O2.C7H6.CH2Cl2.CH3.2ClH.Ru/c1-14-9-16(3)20(17(4)10-14)22-7-8-23(13-22)21-18(5)11-15(2)12-19(21)6;1-3-11-9-12(19-23-7-8-24-19)5-6-14(11)15-10-16(20)18(22)17(21)13(15)4-2;18-14-8-13-11-3-2-10(17-21-5-6-22-17)7-9(11)1-4-12(13)15(19)16(14)20;1-7-5-3-2-4-6-7;2-1-3;;;;/h7-13H,1-6H3;3-6,9-10,19H,1-2,7-8H2;1-4,7-8,17H,5-6H2;1-6H;1H2;1H3;2*1H;/q-1;;;;;-1;;;+2/p-2. The van der Waals surface area contributed by atoms with Crippen LogP contribution in [-0.4, -0.2) is 36.4 Å². The second kappa shape index (κ2) is 30.8. The monoisotopic (exact) mass is 1300 g/mol. The third-order valence-corrected chi connectivity index (χ3v) is 15.1. The Hall–Kier alpha value is -5.83. The Kier molecular flexibility index (Phi) is 24.6. The number of halogens is 10. The molecule has 0 spiro atoms. The van der Waals surface area contributed by atoms with Crippen molar-refractivity contribution in [3.63, 3.8) is 0 Å². The number of ether oxygens (including phenoxy) is 4. The molecule has 3 aliphatic rings. The minimum absolute atomic E-state index is 0. The van der Waals surface area contributed by atoms with E-state index in [-0.39, 0.29) is 29.3 Å². The summed E-state index contributed by atoms with van der Waals surface area (Å²) in [5.74, 6) is -7.84. The molecule has 8 aromatic carbocycles.